The molecule has 3 N–H and O–H groups in total. The molecule has 0 aliphatic heterocycles. The Bertz CT molecular complexity index is 1950. The Morgan fingerprint density at radius 2 is 1.33 bits per heavy atom. The zero-order valence-corrected chi connectivity index (χ0v) is 27.7. The van der Waals surface area contributed by atoms with E-state index in [9.17, 15) is 14.4 Å². The Morgan fingerprint density at radius 1 is 0.735 bits per heavy atom. The quantitative estimate of drug-likeness (QED) is 0.150. The van der Waals surface area contributed by atoms with Crippen molar-refractivity contribution in [3.63, 3.8) is 0 Å². The smallest absolute Gasteiger partial charge is 0.305 e. The molecule has 8 nitrogen and oxygen atoms in total. The van der Waals surface area contributed by atoms with E-state index in [1.54, 1.807) is 24.5 Å². The summed E-state index contributed by atoms with van der Waals surface area (Å²) in [4.78, 5) is 46.4. The number of aliphatic carboxylic acids is 1. The summed E-state index contributed by atoms with van der Waals surface area (Å²) < 4.78 is 0. The molecule has 1 atom stereocenters. The fourth-order valence-electron chi connectivity index (χ4n) is 5.05. The monoisotopic (exact) mass is 650 g/mol. The lowest BCUT2D eigenvalue weighted by Gasteiger charge is -2.20. The van der Waals surface area contributed by atoms with Crippen molar-refractivity contribution < 1.29 is 19.5 Å². The highest BCUT2D eigenvalue weighted by Crippen LogP contribution is 2.23. The predicted molar refractivity (Wildman–Crippen MR) is 191 cm³/mol. The normalized spacial score (nSPS) is 11.5. The zero-order valence-electron chi connectivity index (χ0n) is 27.7. The highest BCUT2D eigenvalue weighted by atomic mass is 16.4. The minimum atomic E-state index is -1.02. The van der Waals surface area contributed by atoms with Gasteiger partial charge in [0.15, 0.2) is 5.82 Å². The molecule has 0 fully saturated rings. The maximum atomic E-state index is 13.2. The second-order valence-electron chi connectivity index (χ2n) is 12.7. The van der Waals surface area contributed by atoms with Crippen LogP contribution in [0.5, 0.6) is 0 Å². The van der Waals surface area contributed by atoms with Crippen LogP contribution in [0.4, 0.5) is 0 Å². The van der Waals surface area contributed by atoms with Crippen molar-refractivity contribution in [3.8, 4) is 34.4 Å². The summed E-state index contributed by atoms with van der Waals surface area (Å²) in [6.45, 7) is 6.24. The molecule has 1 aromatic heterocycles. The molecule has 49 heavy (non-hydrogen) atoms. The number of benzene rings is 4. The Morgan fingerprint density at radius 3 is 1.92 bits per heavy atom. The van der Waals surface area contributed by atoms with Gasteiger partial charge in [-0.1, -0.05) is 99.3 Å². The minimum Gasteiger partial charge on any atom is -0.481 e. The van der Waals surface area contributed by atoms with Crippen LogP contribution in [-0.2, 0) is 21.4 Å². The van der Waals surface area contributed by atoms with Gasteiger partial charge in [-0.15, -0.1) is 0 Å². The summed E-state index contributed by atoms with van der Waals surface area (Å²) in [5, 5.41) is 14.5. The van der Waals surface area contributed by atoms with E-state index < -0.39 is 23.8 Å². The van der Waals surface area contributed by atoms with Gasteiger partial charge in [0.2, 0.25) is 5.91 Å². The second kappa shape index (κ2) is 15.7. The topological polar surface area (TPSA) is 121 Å². The van der Waals surface area contributed by atoms with Gasteiger partial charge in [-0.25, -0.2) is 9.97 Å². The fourth-order valence-corrected chi connectivity index (χ4v) is 5.05. The lowest BCUT2D eigenvalue weighted by Crippen LogP contribution is -2.48. The molecule has 0 aliphatic rings. The SMILES string of the molecule is CC(C)(C)c1ccc(C(=O)NC(Cc2ccc(-c3ncc(-c4ccc(C#Cc5ccccc5)cc4)cn3)cc2)C(=O)NCCC(=O)O)cc1. The van der Waals surface area contributed by atoms with Crippen molar-refractivity contribution in [1.82, 2.24) is 20.6 Å². The number of nitrogens with one attached hydrogen (secondary N) is 2. The number of carboxylic acid groups (broad SMARTS) is 1. The van der Waals surface area contributed by atoms with Gasteiger partial charge >= 0.3 is 5.97 Å². The molecule has 5 rings (SSSR count). The van der Waals surface area contributed by atoms with Crippen LogP contribution in [-0.4, -0.2) is 45.4 Å². The molecule has 1 heterocycles. The fraction of sp³-hybridized carbons (Fsp3) is 0.195. The third-order valence-corrected chi connectivity index (χ3v) is 7.92. The first-order chi connectivity index (χ1) is 23.5. The molecule has 8 heteroatoms. The first-order valence-corrected chi connectivity index (χ1v) is 16.0. The summed E-state index contributed by atoms with van der Waals surface area (Å²) in [5.41, 5.74) is 6.79. The summed E-state index contributed by atoms with van der Waals surface area (Å²) >= 11 is 0. The molecular weight excluding hydrogens is 612 g/mol. The summed E-state index contributed by atoms with van der Waals surface area (Å²) in [5.74, 6) is 5.03. The molecular formula is C41H38N4O4. The van der Waals surface area contributed by atoms with Gasteiger partial charge in [0.25, 0.3) is 5.91 Å². The predicted octanol–water partition coefficient (Wildman–Crippen LogP) is 6.44. The Balaban J connectivity index is 1.25. The van der Waals surface area contributed by atoms with Crippen molar-refractivity contribution in [2.75, 3.05) is 6.54 Å². The highest BCUT2D eigenvalue weighted by Gasteiger charge is 2.23. The number of aromatic nitrogens is 2. The molecule has 0 aliphatic carbocycles. The maximum Gasteiger partial charge on any atom is 0.305 e. The molecule has 4 aromatic carbocycles. The molecule has 0 saturated heterocycles. The van der Waals surface area contributed by atoms with E-state index in [0.717, 1.165) is 38.9 Å². The number of nitrogens with zero attached hydrogens (tertiary/aromatic N) is 2. The zero-order chi connectivity index (χ0) is 34.8. The minimum absolute atomic E-state index is 0.0421. The number of hydrogen-bond acceptors (Lipinski definition) is 5. The first-order valence-electron chi connectivity index (χ1n) is 16.0. The molecule has 246 valence electrons. The van der Waals surface area contributed by atoms with Crippen LogP contribution < -0.4 is 10.6 Å². The van der Waals surface area contributed by atoms with Gasteiger partial charge < -0.3 is 15.7 Å². The molecule has 5 aromatic rings. The van der Waals surface area contributed by atoms with Crippen molar-refractivity contribution >= 4 is 17.8 Å². The van der Waals surface area contributed by atoms with Crippen molar-refractivity contribution in [2.45, 2.75) is 45.1 Å². The number of carbonyl (C=O) groups is 3. The second-order valence-corrected chi connectivity index (χ2v) is 12.7. The van der Waals surface area contributed by atoms with Gasteiger partial charge in [0.1, 0.15) is 6.04 Å². The van der Waals surface area contributed by atoms with Crippen LogP contribution in [0, 0.1) is 11.8 Å². The molecule has 1 unspecified atom stereocenters. The number of carbonyl (C=O) groups excluding carboxylic acids is 2. The first kappa shape index (κ1) is 34.3. The van der Waals surface area contributed by atoms with Crippen molar-refractivity contribution in [3.05, 3.63) is 143 Å². The van der Waals surface area contributed by atoms with Crippen LogP contribution in [0.25, 0.3) is 22.5 Å². The van der Waals surface area contributed by atoms with Gasteiger partial charge in [-0.05, 0) is 58.5 Å². The summed E-state index contributed by atoms with van der Waals surface area (Å²) in [6.07, 6.45) is 3.54. The average molecular weight is 651 g/mol. The number of hydrogen-bond donors (Lipinski definition) is 3. The third-order valence-electron chi connectivity index (χ3n) is 7.92. The van der Waals surface area contributed by atoms with E-state index in [2.05, 4.69) is 53.2 Å². The Labute approximate surface area is 286 Å². The summed E-state index contributed by atoms with van der Waals surface area (Å²) in [7, 11) is 0. The maximum absolute atomic E-state index is 13.2. The molecule has 0 bridgehead atoms. The largest absolute Gasteiger partial charge is 0.481 e. The number of rotatable bonds is 10. The van der Waals surface area contributed by atoms with Gasteiger partial charge in [0, 0.05) is 53.2 Å². The van der Waals surface area contributed by atoms with Gasteiger partial charge in [0.05, 0.1) is 6.42 Å². The van der Waals surface area contributed by atoms with Crippen LogP contribution in [0.1, 0.15) is 59.8 Å². The Hall–Kier alpha value is -6.07. The lowest BCUT2D eigenvalue weighted by molar-refractivity contribution is -0.137. The van der Waals surface area contributed by atoms with E-state index in [1.165, 1.54) is 0 Å². The molecule has 0 spiro atoms. The van der Waals surface area contributed by atoms with Crippen LogP contribution >= 0.6 is 0 Å². The van der Waals surface area contributed by atoms with Crippen molar-refractivity contribution in [2.24, 2.45) is 0 Å². The van der Waals surface area contributed by atoms with E-state index in [0.29, 0.717) is 11.4 Å². The van der Waals surface area contributed by atoms with Gasteiger partial charge in [-0.2, -0.15) is 0 Å². The van der Waals surface area contributed by atoms with E-state index >= 15 is 0 Å². The number of amides is 2. The van der Waals surface area contributed by atoms with E-state index in [4.69, 9.17) is 5.11 Å². The molecule has 0 saturated carbocycles. The third kappa shape index (κ3) is 9.72. The summed E-state index contributed by atoms with van der Waals surface area (Å²) in [6, 6.07) is 31.6. The highest BCUT2D eigenvalue weighted by molar-refractivity contribution is 5.97. The molecule has 2 amide bonds. The standard InChI is InChI=1S/C41H38N4O4/c1-41(2,3)35-21-19-33(20-22-35)39(48)45-36(40(49)42-24-23-37(46)47)25-30-13-17-32(18-14-30)38-43-26-34(27-44-38)31-15-11-29(12-16-31)10-9-28-7-5-4-6-8-28/h4-8,11-22,26-27,36H,23-25H2,1-3H3,(H,42,49)(H,45,48)(H,46,47). The van der Waals surface area contributed by atoms with Crippen LogP contribution in [0.3, 0.4) is 0 Å². The van der Waals surface area contributed by atoms with E-state index in [1.807, 2.05) is 91.0 Å². The van der Waals surface area contributed by atoms with Crippen molar-refractivity contribution in [1.29, 1.82) is 0 Å². The Kier molecular flexibility index (Phi) is 11.0. The van der Waals surface area contributed by atoms with Crippen LogP contribution in [0.15, 0.2) is 116 Å². The lowest BCUT2D eigenvalue weighted by atomic mass is 9.86. The van der Waals surface area contributed by atoms with Gasteiger partial charge in [-0.3, -0.25) is 14.4 Å². The van der Waals surface area contributed by atoms with Crippen LogP contribution in [0.2, 0.25) is 0 Å². The number of carboxylic acids is 1. The molecule has 0 radical (unpaired) electrons. The average Bonchev–Trinajstić information content (AvgIpc) is 3.11. The van der Waals surface area contributed by atoms with E-state index in [-0.39, 0.29) is 24.8 Å².